The van der Waals surface area contributed by atoms with E-state index in [1.54, 1.807) is 41.1 Å². The summed E-state index contributed by atoms with van der Waals surface area (Å²) >= 11 is 0. The van der Waals surface area contributed by atoms with Crippen molar-refractivity contribution in [2.75, 3.05) is 5.32 Å². The van der Waals surface area contributed by atoms with E-state index in [-0.39, 0.29) is 17.9 Å². The fourth-order valence-corrected chi connectivity index (χ4v) is 3.66. The normalized spacial score (nSPS) is 14.3. The Labute approximate surface area is 163 Å². The number of nitrogens with one attached hydrogen (secondary N) is 2. The molecule has 1 aliphatic carbocycles. The molecule has 7 nitrogen and oxygen atoms in total. The van der Waals surface area contributed by atoms with Gasteiger partial charge in [0.2, 0.25) is 0 Å². The number of para-hydroxylation sites is 1. The van der Waals surface area contributed by atoms with Crippen molar-refractivity contribution in [2.24, 2.45) is 0 Å². The van der Waals surface area contributed by atoms with E-state index in [4.69, 9.17) is 0 Å². The third-order valence-corrected chi connectivity index (χ3v) is 5.19. The van der Waals surface area contributed by atoms with Crippen LogP contribution in [-0.4, -0.2) is 32.9 Å². The van der Waals surface area contributed by atoms with Gasteiger partial charge < -0.3 is 10.6 Å². The first-order valence-electron chi connectivity index (χ1n) is 9.70. The molecule has 1 fully saturated rings. The van der Waals surface area contributed by atoms with Crippen molar-refractivity contribution in [1.82, 2.24) is 20.3 Å². The second-order valence-corrected chi connectivity index (χ2v) is 7.06. The fraction of sp³-hybridized carbons (Fsp3) is 0.333. The Balaban J connectivity index is 1.53. The van der Waals surface area contributed by atoms with Crippen LogP contribution in [0, 0.1) is 0 Å². The molecule has 0 spiro atoms. The van der Waals surface area contributed by atoms with Gasteiger partial charge in [-0.3, -0.25) is 9.59 Å². The van der Waals surface area contributed by atoms with Crippen LogP contribution in [0.5, 0.6) is 0 Å². The maximum atomic E-state index is 12.8. The van der Waals surface area contributed by atoms with Gasteiger partial charge in [0.25, 0.3) is 11.8 Å². The van der Waals surface area contributed by atoms with Gasteiger partial charge in [-0.15, -0.1) is 5.10 Å². The minimum atomic E-state index is -0.283. The average molecular weight is 377 g/mol. The molecule has 7 heteroatoms. The largest absolute Gasteiger partial charge is 0.349 e. The number of hydrogen-bond acceptors (Lipinski definition) is 4. The van der Waals surface area contributed by atoms with E-state index in [9.17, 15) is 9.59 Å². The van der Waals surface area contributed by atoms with E-state index in [1.165, 1.54) is 0 Å². The lowest BCUT2D eigenvalue weighted by Crippen LogP contribution is -2.33. The zero-order chi connectivity index (χ0) is 19.5. The number of carbonyl (C=O) groups is 2. The Kier molecular flexibility index (Phi) is 5.06. The number of nitrogens with zero attached hydrogens (tertiary/aromatic N) is 3. The van der Waals surface area contributed by atoms with E-state index in [0.29, 0.717) is 28.9 Å². The van der Waals surface area contributed by atoms with Gasteiger partial charge in [0.1, 0.15) is 5.52 Å². The predicted octanol–water partition coefficient (Wildman–Crippen LogP) is 3.38. The monoisotopic (exact) mass is 377 g/mol. The first-order chi connectivity index (χ1) is 13.7. The van der Waals surface area contributed by atoms with E-state index in [2.05, 4.69) is 20.9 Å². The highest BCUT2D eigenvalue weighted by atomic mass is 16.2. The summed E-state index contributed by atoms with van der Waals surface area (Å²) in [6, 6.07) is 12.6. The van der Waals surface area contributed by atoms with Crippen molar-refractivity contribution in [1.29, 1.82) is 0 Å². The van der Waals surface area contributed by atoms with Crippen LogP contribution in [-0.2, 0) is 6.54 Å². The highest BCUT2D eigenvalue weighted by molar-refractivity contribution is 6.09. The lowest BCUT2D eigenvalue weighted by atomic mass is 10.1. The fourth-order valence-electron chi connectivity index (χ4n) is 3.66. The molecule has 2 aromatic carbocycles. The Bertz CT molecular complexity index is 1020. The van der Waals surface area contributed by atoms with Gasteiger partial charge in [0, 0.05) is 18.2 Å². The van der Waals surface area contributed by atoms with Crippen molar-refractivity contribution in [3.8, 4) is 0 Å². The molecule has 1 heterocycles. The minimum absolute atomic E-state index is 0.149. The van der Waals surface area contributed by atoms with Crippen LogP contribution in [0.1, 0.15) is 53.3 Å². The van der Waals surface area contributed by atoms with Gasteiger partial charge in [0.15, 0.2) is 0 Å². The topological polar surface area (TPSA) is 88.9 Å². The predicted molar refractivity (Wildman–Crippen MR) is 107 cm³/mol. The zero-order valence-electron chi connectivity index (χ0n) is 15.8. The molecule has 0 aliphatic heterocycles. The molecule has 28 heavy (non-hydrogen) atoms. The van der Waals surface area contributed by atoms with Gasteiger partial charge in [-0.05, 0) is 50.1 Å². The van der Waals surface area contributed by atoms with Gasteiger partial charge in [-0.2, -0.15) is 0 Å². The first-order valence-corrected chi connectivity index (χ1v) is 9.70. The lowest BCUT2D eigenvalue weighted by Gasteiger charge is -2.15. The molecule has 144 valence electrons. The summed E-state index contributed by atoms with van der Waals surface area (Å²) in [7, 11) is 0. The third-order valence-electron chi connectivity index (χ3n) is 5.19. The summed E-state index contributed by atoms with van der Waals surface area (Å²) in [4.78, 5) is 25.4. The number of benzene rings is 2. The third kappa shape index (κ3) is 3.60. The Morgan fingerprint density at radius 2 is 1.89 bits per heavy atom. The summed E-state index contributed by atoms with van der Waals surface area (Å²) in [5, 5.41) is 14.1. The molecule has 1 aromatic heterocycles. The van der Waals surface area contributed by atoms with Crippen LogP contribution < -0.4 is 10.6 Å². The van der Waals surface area contributed by atoms with Crippen LogP contribution in [0.15, 0.2) is 42.5 Å². The van der Waals surface area contributed by atoms with Crippen LogP contribution in [0.2, 0.25) is 0 Å². The molecule has 2 amide bonds. The Morgan fingerprint density at radius 3 is 2.68 bits per heavy atom. The van der Waals surface area contributed by atoms with E-state index >= 15 is 0 Å². The lowest BCUT2D eigenvalue weighted by molar-refractivity contribution is 0.0939. The smallest absolute Gasteiger partial charge is 0.255 e. The van der Waals surface area contributed by atoms with Crippen molar-refractivity contribution < 1.29 is 9.59 Å². The van der Waals surface area contributed by atoms with Crippen LogP contribution in [0.4, 0.5) is 5.69 Å². The summed E-state index contributed by atoms with van der Waals surface area (Å²) < 4.78 is 1.78. The van der Waals surface area contributed by atoms with Gasteiger partial charge in [-0.25, -0.2) is 4.68 Å². The number of amides is 2. The highest BCUT2D eigenvalue weighted by Crippen LogP contribution is 2.21. The summed E-state index contributed by atoms with van der Waals surface area (Å²) in [6.07, 6.45) is 4.32. The second-order valence-electron chi connectivity index (χ2n) is 7.06. The SMILES string of the molecule is CCn1nnc2cc(C(=O)Nc3ccccc3C(=O)NC3CCCC3)ccc21. The summed E-state index contributed by atoms with van der Waals surface area (Å²) in [5.74, 6) is -0.432. The minimum Gasteiger partial charge on any atom is -0.349 e. The summed E-state index contributed by atoms with van der Waals surface area (Å²) in [6.45, 7) is 2.70. The van der Waals surface area contributed by atoms with Crippen LogP contribution >= 0.6 is 0 Å². The molecule has 0 bridgehead atoms. The first kappa shape index (κ1) is 18.2. The standard InChI is InChI=1S/C21H23N5O2/c1-2-26-19-12-11-14(13-18(19)24-25-26)20(27)23-17-10-6-5-9-16(17)21(28)22-15-7-3-4-8-15/h5-6,9-13,15H,2-4,7-8H2,1H3,(H,22,28)(H,23,27). The molecule has 0 saturated heterocycles. The highest BCUT2D eigenvalue weighted by Gasteiger charge is 2.20. The van der Waals surface area contributed by atoms with E-state index in [1.807, 2.05) is 13.0 Å². The van der Waals surface area contributed by atoms with Crippen molar-refractivity contribution in [2.45, 2.75) is 45.2 Å². The van der Waals surface area contributed by atoms with Crippen molar-refractivity contribution in [3.05, 3.63) is 53.6 Å². The van der Waals surface area contributed by atoms with Crippen LogP contribution in [0.3, 0.4) is 0 Å². The van der Waals surface area contributed by atoms with Crippen molar-refractivity contribution >= 4 is 28.5 Å². The molecule has 1 aliphatic rings. The number of fused-ring (bicyclic) bond motifs is 1. The number of aryl methyl sites for hydroxylation is 1. The van der Waals surface area contributed by atoms with Crippen molar-refractivity contribution in [3.63, 3.8) is 0 Å². The van der Waals surface area contributed by atoms with Gasteiger partial charge >= 0.3 is 0 Å². The molecule has 3 aromatic rings. The Hall–Kier alpha value is -3.22. The van der Waals surface area contributed by atoms with Gasteiger partial charge in [-0.1, -0.05) is 30.2 Å². The number of rotatable bonds is 5. The molecular formula is C21H23N5O2. The molecule has 0 unspecified atom stereocenters. The number of hydrogen-bond donors (Lipinski definition) is 2. The maximum Gasteiger partial charge on any atom is 0.255 e. The zero-order valence-corrected chi connectivity index (χ0v) is 15.8. The molecule has 4 rings (SSSR count). The second kappa shape index (κ2) is 7.80. The number of carbonyl (C=O) groups excluding carboxylic acids is 2. The van der Waals surface area contributed by atoms with E-state index < -0.39 is 0 Å². The molecular weight excluding hydrogens is 354 g/mol. The molecule has 2 N–H and O–H groups in total. The summed E-state index contributed by atoms with van der Waals surface area (Å²) in [5.41, 5.74) is 3.00. The van der Waals surface area contributed by atoms with Crippen LogP contribution in [0.25, 0.3) is 11.0 Å². The molecule has 1 saturated carbocycles. The Morgan fingerprint density at radius 1 is 1.11 bits per heavy atom. The quantitative estimate of drug-likeness (QED) is 0.713. The average Bonchev–Trinajstić information content (AvgIpc) is 3.37. The van der Waals surface area contributed by atoms with E-state index in [0.717, 1.165) is 31.2 Å². The molecule has 0 atom stereocenters. The van der Waals surface area contributed by atoms with Gasteiger partial charge in [0.05, 0.1) is 16.8 Å². The number of aromatic nitrogens is 3. The molecule has 0 radical (unpaired) electrons. The maximum absolute atomic E-state index is 12.8. The number of anilines is 1.